The van der Waals surface area contributed by atoms with Crippen LogP contribution in [0, 0.1) is 12.7 Å². The van der Waals surface area contributed by atoms with Gasteiger partial charge in [0.15, 0.2) is 0 Å². The number of rotatable bonds is 7. The molecule has 0 spiro atoms. The van der Waals surface area contributed by atoms with Crippen molar-refractivity contribution < 1.29 is 14.0 Å². The summed E-state index contributed by atoms with van der Waals surface area (Å²) in [4.78, 5) is 29.0. The average Bonchev–Trinajstić information content (AvgIpc) is 3.23. The van der Waals surface area contributed by atoms with E-state index in [1.165, 1.54) is 21.7 Å². The van der Waals surface area contributed by atoms with E-state index in [-0.39, 0.29) is 24.9 Å². The number of aryl methyl sites for hydroxylation is 1. The molecule has 0 aliphatic rings. The lowest BCUT2D eigenvalue weighted by atomic mass is 10.0. The van der Waals surface area contributed by atoms with Gasteiger partial charge in [0.25, 0.3) is 0 Å². The van der Waals surface area contributed by atoms with Gasteiger partial charge < -0.3 is 10.2 Å². The second kappa shape index (κ2) is 10.3. The minimum atomic E-state index is -0.978. The van der Waals surface area contributed by atoms with E-state index >= 15 is 0 Å². The Balaban J connectivity index is 1.76. The van der Waals surface area contributed by atoms with Crippen molar-refractivity contribution in [2.45, 2.75) is 52.4 Å². The quantitative estimate of drug-likeness (QED) is 0.414. The SMILES string of the molecule is Cc1ccc(CN(C(=O)Cn2nnc3ccccc32)[C@H](C(=O)NC(C)(C)C)c2ccc(F)cc2)cc1. The molecular weight excluding hydrogens is 457 g/mol. The van der Waals surface area contributed by atoms with Crippen molar-refractivity contribution in [3.05, 3.63) is 95.3 Å². The van der Waals surface area contributed by atoms with Crippen molar-refractivity contribution in [1.82, 2.24) is 25.2 Å². The van der Waals surface area contributed by atoms with Crippen LogP contribution >= 0.6 is 0 Å². The molecule has 7 nitrogen and oxygen atoms in total. The van der Waals surface area contributed by atoms with Gasteiger partial charge in [-0.2, -0.15) is 0 Å². The standard InChI is InChI=1S/C28H30FN5O2/c1-19-9-11-20(12-10-19)17-33(25(35)18-34-24-8-6-5-7-23(24)31-32-34)26(27(36)30-28(2,3)4)21-13-15-22(29)16-14-21/h5-16,26H,17-18H2,1-4H3,(H,30,36)/t26-/m0/s1. The van der Waals surface area contributed by atoms with E-state index < -0.39 is 17.4 Å². The fourth-order valence-electron chi connectivity index (χ4n) is 4.02. The van der Waals surface area contributed by atoms with E-state index in [1.807, 2.05) is 76.2 Å². The molecule has 0 saturated heterocycles. The smallest absolute Gasteiger partial charge is 0.247 e. The van der Waals surface area contributed by atoms with Crippen LogP contribution in [0.1, 0.15) is 43.5 Å². The summed E-state index contributed by atoms with van der Waals surface area (Å²) in [5, 5.41) is 11.3. The van der Waals surface area contributed by atoms with Crippen molar-refractivity contribution in [2.24, 2.45) is 0 Å². The van der Waals surface area contributed by atoms with Gasteiger partial charge in [-0.1, -0.05) is 59.3 Å². The summed E-state index contributed by atoms with van der Waals surface area (Å²) >= 11 is 0. The topological polar surface area (TPSA) is 80.1 Å². The molecular formula is C28H30FN5O2. The molecule has 1 N–H and O–H groups in total. The van der Waals surface area contributed by atoms with Gasteiger partial charge in [0.2, 0.25) is 11.8 Å². The van der Waals surface area contributed by atoms with Gasteiger partial charge in [0.1, 0.15) is 23.9 Å². The minimum absolute atomic E-state index is 0.104. The number of benzene rings is 3. The second-order valence-corrected chi connectivity index (χ2v) is 9.94. The summed E-state index contributed by atoms with van der Waals surface area (Å²) in [6.45, 7) is 7.69. The highest BCUT2D eigenvalue weighted by atomic mass is 19.1. The number of aromatic nitrogens is 3. The summed E-state index contributed by atoms with van der Waals surface area (Å²) in [5.41, 5.74) is 3.34. The molecule has 2 amide bonds. The summed E-state index contributed by atoms with van der Waals surface area (Å²) in [5.74, 6) is -1.08. The van der Waals surface area contributed by atoms with Crippen LogP contribution in [-0.4, -0.2) is 37.2 Å². The molecule has 0 aliphatic heterocycles. The number of carbonyl (C=O) groups is 2. The Bertz CT molecular complexity index is 1360. The lowest BCUT2D eigenvalue weighted by Crippen LogP contribution is -2.49. The molecule has 0 aliphatic carbocycles. The molecule has 186 valence electrons. The van der Waals surface area contributed by atoms with Gasteiger partial charge in [-0.05, 0) is 63.1 Å². The maximum atomic E-state index is 13.9. The highest BCUT2D eigenvalue weighted by molar-refractivity contribution is 5.89. The zero-order valence-corrected chi connectivity index (χ0v) is 20.9. The van der Waals surface area contributed by atoms with Crippen molar-refractivity contribution in [2.75, 3.05) is 0 Å². The number of hydrogen-bond acceptors (Lipinski definition) is 4. The number of hydrogen-bond donors (Lipinski definition) is 1. The van der Waals surface area contributed by atoms with E-state index in [0.29, 0.717) is 11.1 Å². The third kappa shape index (κ3) is 5.94. The monoisotopic (exact) mass is 487 g/mol. The molecule has 0 radical (unpaired) electrons. The lowest BCUT2D eigenvalue weighted by molar-refractivity contribution is -0.142. The van der Waals surface area contributed by atoms with Gasteiger partial charge in [-0.3, -0.25) is 9.59 Å². The Labute approximate surface area is 209 Å². The molecule has 4 aromatic rings. The molecule has 4 rings (SSSR count). The van der Waals surface area contributed by atoms with Crippen LogP contribution in [0.25, 0.3) is 11.0 Å². The first-order chi connectivity index (χ1) is 17.1. The fourth-order valence-corrected chi connectivity index (χ4v) is 4.02. The second-order valence-electron chi connectivity index (χ2n) is 9.94. The molecule has 0 unspecified atom stereocenters. The number of halogens is 1. The van der Waals surface area contributed by atoms with Crippen molar-refractivity contribution in [3.63, 3.8) is 0 Å². The zero-order chi connectivity index (χ0) is 25.9. The van der Waals surface area contributed by atoms with E-state index in [2.05, 4.69) is 15.6 Å². The molecule has 1 aromatic heterocycles. The van der Waals surface area contributed by atoms with Crippen LogP contribution in [0.15, 0.2) is 72.8 Å². The van der Waals surface area contributed by atoms with Crippen LogP contribution in [-0.2, 0) is 22.7 Å². The van der Waals surface area contributed by atoms with Gasteiger partial charge in [0.05, 0.1) is 5.52 Å². The lowest BCUT2D eigenvalue weighted by Gasteiger charge is -2.34. The van der Waals surface area contributed by atoms with E-state index in [0.717, 1.165) is 16.6 Å². The first-order valence-electron chi connectivity index (χ1n) is 11.8. The van der Waals surface area contributed by atoms with E-state index in [1.54, 1.807) is 12.1 Å². The molecule has 8 heteroatoms. The Morgan fingerprint density at radius 3 is 2.33 bits per heavy atom. The Hall–Kier alpha value is -4.07. The Kier molecular flexibility index (Phi) is 7.15. The molecule has 3 aromatic carbocycles. The first kappa shape index (κ1) is 25.0. The zero-order valence-electron chi connectivity index (χ0n) is 20.9. The van der Waals surface area contributed by atoms with Crippen molar-refractivity contribution in [1.29, 1.82) is 0 Å². The summed E-state index contributed by atoms with van der Waals surface area (Å²) in [6.07, 6.45) is 0. The number of amides is 2. The molecule has 0 bridgehead atoms. The molecule has 0 fully saturated rings. The Morgan fingerprint density at radius 1 is 1.00 bits per heavy atom. The largest absolute Gasteiger partial charge is 0.349 e. The number of fused-ring (bicyclic) bond motifs is 1. The molecule has 1 atom stereocenters. The van der Waals surface area contributed by atoms with E-state index in [4.69, 9.17) is 0 Å². The fraction of sp³-hybridized carbons (Fsp3) is 0.286. The van der Waals surface area contributed by atoms with Gasteiger partial charge in [-0.25, -0.2) is 9.07 Å². The van der Waals surface area contributed by atoms with E-state index in [9.17, 15) is 14.0 Å². The number of para-hydroxylation sites is 1. The van der Waals surface area contributed by atoms with Crippen LogP contribution in [0.5, 0.6) is 0 Å². The molecule has 0 saturated carbocycles. The van der Waals surface area contributed by atoms with Crippen molar-refractivity contribution >= 4 is 22.8 Å². The Morgan fingerprint density at radius 2 is 1.67 bits per heavy atom. The first-order valence-corrected chi connectivity index (χ1v) is 11.8. The molecule has 1 heterocycles. The minimum Gasteiger partial charge on any atom is -0.349 e. The molecule has 36 heavy (non-hydrogen) atoms. The number of nitrogens with one attached hydrogen (secondary N) is 1. The summed E-state index contributed by atoms with van der Waals surface area (Å²) < 4.78 is 15.3. The van der Waals surface area contributed by atoms with Gasteiger partial charge in [0, 0.05) is 12.1 Å². The van der Waals surface area contributed by atoms with Crippen molar-refractivity contribution in [3.8, 4) is 0 Å². The van der Waals surface area contributed by atoms with Crippen LogP contribution in [0.4, 0.5) is 4.39 Å². The summed E-state index contributed by atoms with van der Waals surface area (Å²) in [7, 11) is 0. The third-order valence-corrected chi connectivity index (χ3v) is 5.74. The normalized spacial score (nSPS) is 12.4. The third-order valence-electron chi connectivity index (χ3n) is 5.74. The predicted molar refractivity (Wildman–Crippen MR) is 136 cm³/mol. The maximum absolute atomic E-state index is 13.9. The van der Waals surface area contributed by atoms with Crippen LogP contribution < -0.4 is 5.32 Å². The highest BCUT2D eigenvalue weighted by Crippen LogP contribution is 2.26. The van der Waals surface area contributed by atoms with Crippen LogP contribution in [0.2, 0.25) is 0 Å². The number of carbonyl (C=O) groups excluding carboxylic acids is 2. The van der Waals surface area contributed by atoms with Gasteiger partial charge >= 0.3 is 0 Å². The van der Waals surface area contributed by atoms with Gasteiger partial charge in [-0.15, -0.1) is 5.10 Å². The van der Waals surface area contributed by atoms with Crippen LogP contribution in [0.3, 0.4) is 0 Å². The number of nitrogens with zero attached hydrogens (tertiary/aromatic N) is 4. The average molecular weight is 488 g/mol. The predicted octanol–water partition coefficient (Wildman–Crippen LogP) is 4.56. The summed E-state index contributed by atoms with van der Waals surface area (Å²) in [6, 6.07) is 19.9. The maximum Gasteiger partial charge on any atom is 0.247 e. The highest BCUT2D eigenvalue weighted by Gasteiger charge is 2.33.